The van der Waals surface area contributed by atoms with Crippen molar-refractivity contribution in [1.82, 2.24) is 25.2 Å². The number of aromatic nitrogens is 3. The Balaban J connectivity index is 1.25. The summed E-state index contributed by atoms with van der Waals surface area (Å²) in [7, 11) is 0. The Hall–Kier alpha value is -4.20. The summed E-state index contributed by atoms with van der Waals surface area (Å²) in [6.07, 6.45) is 9.58. The van der Waals surface area contributed by atoms with Crippen LogP contribution in [0.25, 0.3) is 32.9 Å². The molecule has 6 heterocycles. The Kier molecular flexibility index (Phi) is 6.96. The van der Waals surface area contributed by atoms with E-state index in [0.29, 0.717) is 72.2 Å². The topological polar surface area (TPSA) is 66.4 Å². The lowest BCUT2D eigenvalue weighted by molar-refractivity contribution is 0.107. The van der Waals surface area contributed by atoms with Crippen molar-refractivity contribution in [1.29, 1.82) is 0 Å². The highest BCUT2D eigenvalue weighted by molar-refractivity contribution is 6.02. The summed E-state index contributed by atoms with van der Waals surface area (Å²) in [5.74, 6) is 1.77. The van der Waals surface area contributed by atoms with Crippen LogP contribution in [-0.2, 0) is 0 Å². The molecule has 4 aromatic rings. The smallest absolute Gasteiger partial charge is 0.319 e. The van der Waals surface area contributed by atoms with Crippen LogP contribution in [0, 0.1) is 24.0 Å². The first-order valence-electron chi connectivity index (χ1n) is 16.0. The summed E-state index contributed by atoms with van der Waals surface area (Å²) < 4.78 is 52.7. The highest BCUT2D eigenvalue weighted by atomic mass is 19.1. The maximum absolute atomic E-state index is 16.8. The fourth-order valence-corrected chi connectivity index (χ4v) is 8.05. The Morgan fingerprint density at radius 3 is 2.67 bits per heavy atom. The van der Waals surface area contributed by atoms with Crippen LogP contribution in [0.3, 0.4) is 0 Å². The number of nitrogens with one attached hydrogen (secondary N) is 1. The van der Waals surface area contributed by atoms with Gasteiger partial charge in [-0.05, 0) is 44.6 Å². The van der Waals surface area contributed by atoms with Gasteiger partial charge in [0.25, 0.3) is 0 Å². The van der Waals surface area contributed by atoms with Gasteiger partial charge in [0.05, 0.1) is 16.5 Å². The Morgan fingerprint density at radius 1 is 1.11 bits per heavy atom. The van der Waals surface area contributed by atoms with Gasteiger partial charge in [0.15, 0.2) is 5.82 Å². The van der Waals surface area contributed by atoms with Crippen LogP contribution < -0.4 is 15.0 Å². The Labute approximate surface area is 265 Å². The van der Waals surface area contributed by atoms with Crippen LogP contribution >= 0.6 is 0 Å². The van der Waals surface area contributed by atoms with E-state index in [1.807, 2.05) is 0 Å². The SMILES string of the molecule is C#Cc1c(F)ccc2cccc(-c3ncc4c(N5CC6CCC(C5)N6)nc(OC[C@]56CC(=C(C)C)CN5C[C@H](F)C6)nc4c3F)c12. The van der Waals surface area contributed by atoms with E-state index in [2.05, 4.69) is 44.9 Å². The van der Waals surface area contributed by atoms with Gasteiger partial charge in [0.2, 0.25) is 0 Å². The number of anilines is 1. The van der Waals surface area contributed by atoms with Crippen LogP contribution in [0.15, 0.2) is 47.7 Å². The average molecular weight is 625 g/mol. The first-order chi connectivity index (χ1) is 22.2. The summed E-state index contributed by atoms with van der Waals surface area (Å²) >= 11 is 0. The number of pyridine rings is 1. The van der Waals surface area contributed by atoms with Crippen molar-refractivity contribution in [3.63, 3.8) is 0 Å². The lowest BCUT2D eigenvalue weighted by Gasteiger charge is -2.34. The largest absolute Gasteiger partial charge is 0.461 e. The molecule has 236 valence electrons. The molecule has 4 fully saturated rings. The minimum Gasteiger partial charge on any atom is -0.461 e. The third-order valence-corrected chi connectivity index (χ3v) is 10.3. The molecular formula is C36H35F3N6O. The molecule has 8 rings (SSSR count). The Bertz CT molecular complexity index is 1960. The zero-order valence-corrected chi connectivity index (χ0v) is 25.9. The summed E-state index contributed by atoms with van der Waals surface area (Å²) in [4.78, 5) is 18.4. The monoisotopic (exact) mass is 624 g/mol. The first-order valence-corrected chi connectivity index (χ1v) is 16.0. The van der Waals surface area contributed by atoms with Gasteiger partial charge >= 0.3 is 6.01 Å². The molecule has 4 saturated heterocycles. The second kappa shape index (κ2) is 11.0. The zero-order chi connectivity index (χ0) is 31.7. The fraction of sp³-hybridized carbons (Fsp3) is 0.417. The van der Waals surface area contributed by atoms with Crippen molar-refractivity contribution >= 4 is 27.5 Å². The summed E-state index contributed by atoms with van der Waals surface area (Å²) in [5.41, 5.74) is 2.54. The molecule has 2 bridgehead atoms. The minimum atomic E-state index is -0.934. The maximum Gasteiger partial charge on any atom is 0.319 e. The van der Waals surface area contributed by atoms with Crippen LogP contribution in [0.5, 0.6) is 6.01 Å². The number of benzene rings is 2. The van der Waals surface area contributed by atoms with Gasteiger partial charge in [-0.15, -0.1) is 6.42 Å². The molecule has 4 atom stereocenters. The number of ether oxygens (including phenoxy) is 1. The number of nitrogens with zero attached hydrogens (tertiary/aromatic N) is 5. The third-order valence-electron chi connectivity index (χ3n) is 10.3. The molecule has 0 radical (unpaired) electrons. The molecule has 4 aliphatic heterocycles. The molecule has 2 aromatic heterocycles. The van der Waals surface area contributed by atoms with Gasteiger partial charge < -0.3 is 15.0 Å². The number of hydrogen-bond donors (Lipinski definition) is 1. The average Bonchev–Trinajstić information content (AvgIpc) is 3.68. The van der Waals surface area contributed by atoms with Crippen LogP contribution in [0.2, 0.25) is 0 Å². The van der Waals surface area contributed by atoms with Gasteiger partial charge in [-0.25, -0.2) is 13.2 Å². The summed E-state index contributed by atoms with van der Waals surface area (Å²) in [6, 6.07) is 8.87. The summed E-state index contributed by atoms with van der Waals surface area (Å²) in [6.45, 7) is 6.87. The van der Waals surface area contributed by atoms with Crippen LogP contribution in [-0.4, -0.2) is 76.4 Å². The molecule has 0 aliphatic carbocycles. The van der Waals surface area contributed by atoms with E-state index in [9.17, 15) is 8.78 Å². The molecule has 4 aliphatic rings. The van der Waals surface area contributed by atoms with Crippen molar-refractivity contribution in [3.05, 3.63) is 64.9 Å². The predicted octanol–water partition coefficient (Wildman–Crippen LogP) is 5.95. The van der Waals surface area contributed by atoms with Crippen LogP contribution in [0.4, 0.5) is 19.0 Å². The highest BCUT2D eigenvalue weighted by Crippen LogP contribution is 2.44. The minimum absolute atomic E-state index is 0.0148. The van der Waals surface area contributed by atoms with E-state index >= 15 is 4.39 Å². The third kappa shape index (κ3) is 4.71. The number of rotatable bonds is 5. The molecule has 2 aromatic carbocycles. The van der Waals surface area contributed by atoms with Crippen molar-refractivity contribution in [2.45, 2.75) is 63.3 Å². The molecule has 7 nitrogen and oxygen atoms in total. The number of fused-ring (bicyclic) bond motifs is 5. The molecule has 0 amide bonds. The molecule has 0 saturated carbocycles. The quantitative estimate of drug-likeness (QED) is 0.218. The van der Waals surface area contributed by atoms with Crippen molar-refractivity contribution < 1.29 is 17.9 Å². The maximum atomic E-state index is 16.8. The standard InChI is InChI=1S/C36H35F3N6O/c1-4-26-29(38)11-8-21-6-5-7-27(30(21)26)32-31(39)33-28(14-40-32)34(44-17-24-9-10-25(18-44)41-24)43-35(42-33)46-19-36-12-22(20(2)3)15-45(36)16-23(37)13-36/h1,5-8,11,14,23-25,41H,9-10,12-13,15-19H2,2-3H3/t23-,24?,25?,36-/m1/s1. The molecule has 2 unspecified atom stereocenters. The number of allylic oxidation sites excluding steroid dienone is 1. The molecule has 46 heavy (non-hydrogen) atoms. The number of piperazine rings is 1. The fourth-order valence-electron chi connectivity index (χ4n) is 8.05. The normalized spacial score (nSPS) is 25.8. The predicted molar refractivity (Wildman–Crippen MR) is 173 cm³/mol. The van der Waals surface area contributed by atoms with Gasteiger partial charge in [-0.2, -0.15) is 9.97 Å². The van der Waals surface area contributed by atoms with Gasteiger partial charge in [-0.1, -0.05) is 41.3 Å². The first kappa shape index (κ1) is 29.2. The van der Waals surface area contributed by atoms with Crippen LogP contribution in [0.1, 0.15) is 45.1 Å². The van der Waals surface area contributed by atoms with E-state index < -0.39 is 23.3 Å². The van der Waals surface area contributed by atoms with Crippen molar-refractivity contribution in [3.8, 4) is 29.6 Å². The number of halogens is 3. The van der Waals surface area contributed by atoms with E-state index in [1.54, 1.807) is 30.5 Å². The van der Waals surface area contributed by atoms with Gasteiger partial charge in [-0.3, -0.25) is 9.88 Å². The van der Waals surface area contributed by atoms with Gasteiger partial charge in [0.1, 0.15) is 35.6 Å². The Morgan fingerprint density at radius 2 is 1.91 bits per heavy atom. The number of alkyl halides is 1. The lowest BCUT2D eigenvalue weighted by Crippen LogP contribution is -2.51. The zero-order valence-electron chi connectivity index (χ0n) is 25.9. The second-order valence-corrected chi connectivity index (χ2v) is 13.5. The summed E-state index contributed by atoms with van der Waals surface area (Å²) in [5, 5.41) is 5.19. The number of hydrogen-bond acceptors (Lipinski definition) is 7. The van der Waals surface area contributed by atoms with Crippen molar-refractivity contribution in [2.75, 3.05) is 37.7 Å². The molecule has 0 spiro atoms. The second-order valence-electron chi connectivity index (χ2n) is 13.5. The molecule has 10 heteroatoms. The van der Waals surface area contributed by atoms with E-state index in [1.165, 1.54) is 17.2 Å². The lowest BCUT2D eigenvalue weighted by atomic mass is 9.91. The van der Waals surface area contributed by atoms with E-state index in [-0.39, 0.29) is 29.4 Å². The van der Waals surface area contributed by atoms with Crippen molar-refractivity contribution in [2.24, 2.45) is 0 Å². The molecule has 1 N–H and O–H groups in total. The van der Waals surface area contributed by atoms with E-state index in [4.69, 9.17) is 16.1 Å². The van der Waals surface area contributed by atoms with E-state index in [0.717, 1.165) is 19.3 Å². The molecular weight excluding hydrogens is 589 g/mol. The van der Waals surface area contributed by atoms with Gasteiger partial charge in [0, 0.05) is 61.8 Å². The highest BCUT2D eigenvalue weighted by Gasteiger charge is 2.51. The number of terminal acetylenes is 1.